The number of nitrogens with zero attached hydrogens (tertiary/aromatic N) is 2. The summed E-state index contributed by atoms with van der Waals surface area (Å²) in [5.41, 5.74) is 0. The zero-order valence-corrected chi connectivity index (χ0v) is 12.5. The zero-order valence-electron chi connectivity index (χ0n) is 11.6. The van der Waals surface area contributed by atoms with E-state index in [0.717, 1.165) is 0 Å². The fourth-order valence-corrected chi connectivity index (χ4v) is 2.62. The molecular weight excluding hydrogens is 266 g/mol. The van der Waals surface area contributed by atoms with Crippen LogP contribution in [0.4, 0.5) is 0 Å². The Morgan fingerprint density at radius 1 is 1.47 bits per heavy atom. The first kappa shape index (κ1) is 15.8. The average Bonchev–Trinajstić information content (AvgIpc) is 2.71. The van der Waals surface area contributed by atoms with Gasteiger partial charge in [-0.3, -0.25) is 14.4 Å². The third-order valence-electron chi connectivity index (χ3n) is 2.67. The standard InChI is InChI=1S/C12H21N3O3S/c1-4-14(5-10(16)13-9(2)3)11(17)6-15-8-19-7-12(15)18/h9H,4-8H2,1-3H3,(H,13,16). The Bertz CT molecular complexity index is 360. The van der Waals surface area contributed by atoms with E-state index in [1.165, 1.54) is 21.6 Å². The van der Waals surface area contributed by atoms with Gasteiger partial charge in [-0.2, -0.15) is 0 Å². The number of hydrogen-bond donors (Lipinski definition) is 1. The summed E-state index contributed by atoms with van der Waals surface area (Å²) >= 11 is 1.50. The van der Waals surface area contributed by atoms with Gasteiger partial charge in [-0.05, 0) is 20.8 Å². The first-order valence-corrected chi connectivity index (χ1v) is 7.52. The van der Waals surface area contributed by atoms with Gasteiger partial charge in [0.15, 0.2) is 0 Å². The van der Waals surface area contributed by atoms with Gasteiger partial charge >= 0.3 is 0 Å². The van der Waals surface area contributed by atoms with E-state index >= 15 is 0 Å². The SMILES string of the molecule is CCN(CC(=O)NC(C)C)C(=O)CN1CSCC1=O. The molecule has 108 valence electrons. The summed E-state index contributed by atoms with van der Waals surface area (Å²) in [5, 5.41) is 2.75. The Balaban J connectivity index is 2.47. The zero-order chi connectivity index (χ0) is 14.4. The van der Waals surface area contributed by atoms with E-state index in [0.29, 0.717) is 18.2 Å². The number of likely N-dealkylation sites (N-methyl/N-ethyl adjacent to an activating group) is 1. The lowest BCUT2D eigenvalue weighted by atomic mass is 10.3. The van der Waals surface area contributed by atoms with Crippen LogP contribution in [0.1, 0.15) is 20.8 Å². The summed E-state index contributed by atoms with van der Waals surface area (Å²) in [7, 11) is 0. The highest BCUT2D eigenvalue weighted by Gasteiger charge is 2.25. The van der Waals surface area contributed by atoms with Crippen molar-refractivity contribution >= 4 is 29.5 Å². The van der Waals surface area contributed by atoms with Crippen molar-refractivity contribution in [2.24, 2.45) is 0 Å². The molecule has 0 radical (unpaired) electrons. The van der Waals surface area contributed by atoms with E-state index in [2.05, 4.69) is 5.32 Å². The molecule has 1 heterocycles. The molecule has 3 amide bonds. The second kappa shape index (κ2) is 7.37. The van der Waals surface area contributed by atoms with Crippen molar-refractivity contribution in [3.63, 3.8) is 0 Å². The van der Waals surface area contributed by atoms with Crippen LogP contribution in [0.15, 0.2) is 0 Å². The van der Waals surface area contributed by atoms with Gasteiger partial charge in [0.2, 0.25) is 17.7 Å². The van der Waals surface area contributed by atoms with E-state index in [1.54, 1.807) is 0 Å². The Morgan fingerprint density at radius 3 is 2.63 bits per heavy atom. The van der Waals surface area contributed by atoms with Gasteiger partial charge in [0.25, 0.3) is 0 Å². The van der Waals surface area contributed by atoms with Gasteiger partial charge in [0.05, 0.1) is 18.2 Å². The maximum atomic E-state index is 12.0. The molecule has 0 aromatic rings. The third-order valence-corrected chi connectivity index (χ3v) is 3.62. The Labute approximate surface area is 117 Å². The minimum atomic E-state index is -0.183. The van der Waals surface area contributed by atoms with Gasteiger partial charge in [-0.1, -0.05) is 0 Å². The number of amides is 3. The van der Waals surface area contributed by atoms with Gasteiger partial charge in [-0.25, -0.2) is 0 Å². The lowest BCUT2D eigenvalue weighted by molar-refractivity contribution is -0.140. The smallest absolute Gasteiger partial charge is 0.242 e. The first-order chi connectivity index (χ1) is 8.93. The summed E-state index contributed by atoms with van der Waals surface area (Å²) in [5.74, 6) is 0.624. The van der Waals surface area contributed by atoms with Crippen LogP contribution in [0.5, 0.6) is 0 Å². The molecule has 0 spiro atoms. The average molecular weight is 287 g/mol. The molecule has 0 saturated carbocycles. The van der Waals surface area contributed by atoms with Crippen LogP contribution in [0.2, 0.25) is 0 Å². The molecule has 1 aliphatic rings. The lowest BCUT2D eigenvalue weighted by Gasteiger charge is -2.23. The fourth-order valence-electron chi connectivity index (χ4n) is 1.72. The molecule has 0 aromatic carbocycles. The topological polar surface area (TPSA) is 69.7 Å². The number of rotatable bonds is 6. The molecule has 1 rings (SSSR count). The number of carbonyl (C=O) groups is 3. The van der Waals surface area contributed by atoms with Crippen molar-refractivity contribution in [3.8, 4) is 0 Å². The van der Waals surface area contributed by atoms with E-state index in [-0.39, 0.29) is 36.9 Å². The second-order valence-corrected chi connectivity index (χ2v) is 5.65. The third kappa shape index (κ3) is 5.10. The van der Waals surface area contributed by atoms with Gasteiger partial charge in [0.1, 0.15) is 6.54 Å². The predicted octanol–water partition coefficient (Wildman–Crippen LogP) is -0.108. The summed E-state index contributed by atoms with van der Waals surface area (Å²) in [4.78, 5) is 38.1. The van der Waals surface area contributed by atoms with Crippen molar-refractivity contribution in [2.45, 2.75) is 26.8 Å². The normalized spacial score (nSPS) is 14.9. The van der Waals surface area contributed by atoms with Crippen LogP contribution in [0.3, 0.4) is 0 Å². The van der Waals surface area contributed by atoms with Crippen molar-refractivity contribution < 1.29 is 14.4 Å². The van der Waals surface area contributed by atoms with Crippen molar-refractivity contribution in [3.05, 3.63) is 0 Å². The number of nitrogens with one attached hydrogen (secondary N) is 1. The predicted molar refractivity (Wildman–Crippen MR) is 74.6 cm³/mol. The van der Waals surface area contributed by atoms with E-state index in [4.69, 9.17) is 0 Å². The quantitative estimate of drug-likeness (QED) is 0.740. The summed E-state index contributed by atoms with van der Waals surface area (Å²) < 4.78 is 0. The Kier molecular flexibility index (Phi) is 6.14. The minimum absolute atomic E-state index is 0.0129. The van der Waals surface area contributed by atoms with Crippen LogP contribution in [-0.2, 0) is 14.4 Å². The van der Waals surface area contributed by atoms with Crippen molar-refractivity contribution in [1.82, 2.24) is 15.1 Å². The highest BCUT2D eigenvalue weighted by molar-refractivity contribution is 8.00. The molecule has 19 heavy (non-hydrogen) atoms. The lowest BCUT2D eigenvalue weighted by Crippen LogP contribution is -2.46. The minimum Gasteiger partial charge on any atom is -0.352 e. The van der Waals surface area contributed by atoms with Crippen molar-refractivity contribution in [1.29, 1.82) is 0 Å². The largest absolute Gasteiger partial charge is 0.352 e. The molecule has 0 bridgehead atoms. The molecule has 7 heteroatoms. The molecular formula is C12H21N3O3S. The first-order valence-electron chi connectivity index (χ1n) is 6.36. The monoisotopic (exact) mass is 287 g/mol. The number of hydrogen-bond acceptors (Lipinski definition) is 4. The Morgan fingerprint density at radius 2 is 2.16 bits per heavy atom. The molecule has 0 aromatic heterocycles. The fraction of sp³-hybridized carbons (Fsp3) is 0.750. The maximum Gasteiger partial charge on any atom is 0.242 e. The molecule has 0 aliphatic carbocycles. The van der Waals surface area contributed by atoms with E-state index < -0.39 is 0 Å². The summed E-state index contributed by atoms with van der Waals surface area (Å²) in [6.45, 7) is 6.13. The van der Waals surface area contributed by atoms with Crippen molar-refractivity contribution in [2.75, 3.05) is 31.3 Å². The van der Waals surface area contributed by atoms with E-state index in [1.807, 2.05) is 20.8 Å². The van der Waals surface area contributed by atoms with Crippen LogP contribution in [-0.4, -0.2) is 64.8 Å². The molecule has 1 aliphatic heterocycles. The summed E-state index contributed by atoms with van der Waals surface area (Å²) in [6, 6.07) is 0.0536. The maximum absolute atomic E-state index is 12.0. The molecule has 1 fully saturated rings. The molecule has 1 saturated heterocycles. The second-order valence-electron chi connectivity index (χ2n) is 4.70. The molecule has 0 unspecified atom stereocenters. The van der Waals surface area contributed by atoms with Crippen LogP contribution in [0, 0.1) is 0 Å². The van der Waals surface area contributed by atoms with E-state index in [9.17, 15) is 14.4 Å². The van der Waals surface area contributed by atoms with Gasteiger partial charge < -0.3 is 15.1 Å². The molecule has 0 atom stereocenters. The summed E-state index contributed by atoms with van der Waals surface area (Å²) in [6.07, 6.45) is 0. The number of thioether (sulfide) groups is 1. The Hall–Kier alpha value is -1.24. The van der Waals surface area contributed by atoms with Crippen LogP contribution in [0.25, 0.3) is 0 Å². The molecule has 6 nitrogen and oxygen atoms in total. The highest BCUT2D eigenvalue weighted by atomic mass is 32.2. The van der Waals surface area contributed by atoms with Crippen LogP contribution < -0.4 is 5.32 Å². The molecule has 1 N–H and O–H groups in total. The highest BCUT2D eigenvalue weighted by Crippen LogP contribution is 2.14. The van der Waals surface area contributed by atoms with Gasteiger partial charge in [-0.15, -0.1) is 11.8 Å². The van der Waals surface area contributed by atoms with Gasteiger partial charge in [0, 0.05) is 12.6 Å². The number of carbonyl (C=O) groups excluding carboxylic acids is 3. The van der Waals surface area contributed by atoms with Crippen LogP contribution >= 0.6 is 11.8 Å².